The zero-order valence-electron chi connectivity index (χ0n) is 4.41. The molecule has 0 aromatic carbocycles. The second-order valence-electron chi connectivity index (χ2n) is 2.35. The largest absolute Gasteiger partial charge is 0.163 e. The fourth-order valence-electron chi connectivity index (χ4n) is 0. The molecule has 6 heavy (non-hydrogen) atoms. The standard InChI is InChI=1S/C4H10NO/c1-4(2,3)5-6/h5H,1-3H3. The molecule has 0 rings (SSSR count). The third kappa shape index (κ3) is 3.92. The van der Waals surface area contributed by atoms with E-state index in [2.05, 4.69) is 0 Å². The van der Waals surface area contributed by atoms with Gasteiger partial charge < -0.3 is 0 Å². The molecular formula is C4H10NO. The summed E-state index contributed by atoms with van der Waals surface area (Å²) in [6.45, 7) is 5.46. The SMILES string of the molecule is CC(C)(C)N[O]. The molecule has 0 aliphatic rings. The first-order chi connectivity index (χ1) is 2.56. The van der Waals surface area contributed by atoms with Gasteiger partial charge in [0.05, 0.1) is 0 Å². The Morgan fingerprint density at radius 1 is 1.33 bits per heavy atom. The maximum absolute atomic E-state index is 9.70. The van der Waals surface area contributed by atoms with Crippen molar-refractivity contribution in [2.24, 2.45) is 0 Å². The monoisotopic (exact) mass is 88.1 g/mol. The van der Waals surface area contributed by atoms with Crippen LogP contribution in [0, 0.1) is 0 Å². The van der Waals surface area contributed by atoms with Gasteiger partial charge in [-0.05, 0) is 20.8 Å². The second-order valence-corrected chi connectivity index (χ2v) is 2.35. The molecule has 1 N–H and O–H groups in total. The van der Waals surface area contributed by atoms with E-state index in [4.69, 9.17) is 0 Å². The number of hydrogen-bond donors (Lipinski definition) is 1. The van der Waals surface area contributed by atoms with Crippen LogP contribution in [0.3, 0.4) is 0 Å². The Morgan fingerprint density at radius 3 is 1.50 bits per heavy atom. The van der Waals surface area contributed by atoms with Crippen LogP contribution in [-0.4, -0.2) is 5.54 Å². The van der Waals surface area contributed by atoms with Crippen molar-refractivity contribution in [3.05, 3.63) is 0 Å². The summed E-state index contributed by atoms with van der Waals surface area (Å²) in [4.78, 5) is 0. The van der Waals surface area contributed by atoms with Crippen molar-refractivity contribution in [1.82, 2.24) is 5.48 Å². The molecule has 2 nitrogen and oxygen atoms in total. The number of hydroxylamine groups is 1. The quantitative estimate of drug-likeness (QED) is 0.435. The molecule has 0 saturated heterocycles. The summed E-state index contributed by atoms with van der Waals surface area (Å²) < 4.78 is 0. The van der Waals surface area contributed by atoms with E-state index in [1.807, 2.05) is 26.3 Å². The number of rotatable bonds is 0. The molecule has 0 amide bonds. The van der Waals surface area contributed by atoms with Crippen LogP contribution in [0.15, 0.2) is 0 Å². The smallest absolute Gasteiger partial charge is 0.0378 e. The van der Waals surface area contributed by atoms with E-state index in [1.54, 1.807) is 0 Å². The van der Waals surface area contributed by atoms with Gasteiger partial charge in [-0.1, -0.05) is 0 Å². The third-order valence-corrected chi connectivity index (χ3v) is 0.306. The Hall–Kier alpha value is -0.0800. The summed E-state index contributed by atoms with van der Waals surface area (Å²) in [5, 5.41) is 9.70. The van der Waals surface area contributed by atoms with Crippen LogP contribution in [0.5, 0.6) is 0 Å². The van der Waals surface area contributed by atoms with Crippen LogP contribution in [-0.2, 0) is 5.21 Å². The molecule has 0 heterocycles. The molecule has 2 heteroatoms. The van der Waals surface area contributed by atoms with Crippen LogP contribution < -0.4 is 5.48 Å². The predicted molar refractivity (Wildman–Crippen MR) is 23.6 cm³/mol. The first-order valence-electron chi connectivity index (χ1n) is 1.95. The number of hydrogen-bond acceptors (Lipinski definition) is 1. The maximum Gasteiger partial charge on any atom is 0.0378 e. The van der Waals surface area contributed by atoms with E-state index in [1.165, 1.54) is 0 Å². The van der Waals surface area contributed by atoms with E-state index in [9.17, 15) is 5.21 Å². The Bertz CT molecular complexity index is 37.3. The van der Waals surface area contributed by atoms with Gasteiger partial charge in [0.2, 0.25) is 0 Å². The zero-order valence-corrected chi connectivity index (χ0v) is 4.41. The van der Waals surface area contributed by atoms with Gasteiger partial charge in [-0.25, -0.2) is 0 Å². The van der Waals surface area contributed by atoms with Gasteiger partial charge >= 0.3 is 0 Å². The van der Waals surface area contributed by atoms with Gasteiger partial charge in [0, 0.05) is 5.54 Å². The lowest BCUT2D eigenvalue weighted by atomic mass is 10.1. The molecule has 0 atom stereocenters. The minimum Gasteiger partial charge on any atom is -0.163 e. The van der Waals surface area contributed by atoms with E-state index in [0.29, 0.717) is 0 Å². The lowest BCUT2D eigenvalue weighted by molar-refractivity contribution is 0.0171. The predicted octanol–water partition coefficient (Wildman–Crippen LogP) is 0.720. The summed E-state index contributed by atoms with van der Waals surface area (Å²) in [6, 6.07) is 0. The van der Waals surface area contributed by atoms with Crippen molar-refractivity contribution >= 4 is 0 Å². The lowest BCUT2D eigenvalue weighted by Crippen LogP contribution is -2.31. The molecule has 0 bridgehead atoms. The molecule has 1 radical (unpaired) electrons. The van der Waals surface area contributed by atoms with Crippen molar-refractivity contribution < 1.29 is 5.21 Å². The molecule has 0 saturated carbocycles. The van der Waals surface area contributed by atoms with Crippen LogP contribution >= 0.6 is 0 Å². The summed E-state index contributed by atoms with van der Waals surface area (Å²) in [7, 11) is 0. The van der Waals surface area contributed by atoms with E-state index in [0.717, 1.165) is 0 Å². The van der Waals surface area contributed by atoms with Gasteiger partial charge in [-0.2, -0.15) is 5.48 Å². The third-order valence-electron chi connectivity index (χ3n) is 0.306. The average molecular weight is 88.1 g/mol. The molecule has 0 fully saturated rings. The Balaban J connectivity index is 3.17. The summed E-state index contributed by atoms with van der Waals surface area (Å²) in [6.07, 6.45) is 0. The topological polar surface area (TPSA) is 31.9 Å². The highest BCUT2D eigenvalue weighted by Gasteiger charge is 2.05. The van der Waals surface area contributed by atoms with Gasteiger partial charge in [0.25, 0.3) is 0 Å². The van der Waals surface area contributed by atoms with Gasteiger partial charge in [0.1, 0.15) is 0 Å². The average Bonchev–Trinajstić information content (AvgIpc) is 1.35. The Morgan fingerprint density at radius 2 is 1.50 bits per heavy atom. The maximum atomic E-state index is 9.70. The highest BCUT2D eigenvalue weighted by molar-refractivity contribution is 4.61. The molecular weight excluding hydrogens is 78.0 g/mol. The highest BCUT2D eigenvalue weighted by Crippen LogP contribution is 1.94. The van der Waals surface area contributed by atoms with Crippen LogP contribution in [0.4, 0.5) is 0 Å². The minimum absolute atomic E-state index is 0.264. The van der Waals surface area contributed by atoms with Crippen molar-refractivity contribution in [1.29, 1.82) is 0 Å². The first kappa shape index (κ1) is 5.92. The Kier molecular flexibility index (Phi) is 1.56. The summed E-state index contributed by atoms with van der Waals surface area (Å²) in [5.74, 6) is 0. The zero-order chi connectivity index (χ0) is 5.21. The molecule has 0 unspecified atom stereocenters. The van der Waals surface area contributed by atoms with Crippen LogP contribution in [0.1, 0.15) is 20.8 Å². The van der Waals surface area contributed by atoms with Gasteiger partial charge in [0.15, 0.2) is 0 Å². The lowest BCUT2D eigenvalue weighted by Gasteiger charge is -2.11. The Labute approximate surface area is 38.1 Å². The van der Waals surface area contributed by atoms with Crippen LogP contribution in [0.25, 0.3) is 0 Å². The van der Waals surface area contributed by atoms with E-state index in [-0.39, 0.29) is 5.54 Å². The fourth-order valence-corrected chi connectivity index (χ4v) is 0. The van der Waals surface area contributed by atoms with Crippen molar-refractivity contribution in [3.63, 3.8) is 0 Å². The molecule has 0 aliphatic carbocycles. The highest BCUT2D eigenvalue weighted by atomic mass is 16.5. The molecule has 0 aromatic heterocycles. The molecule has 37 valence electrons. The van der Waals surface area contributed by atoms with E-state index < -0.39 is 0 Å². The second kappa shape index (κ2) is 1.58. The van der Waals surface area contributed by atoms with Crippen molar-refractivity contribution in [3.8, 4) is 0 Å². The summed E-state index contributed by atoms with van der Waals surface area (Å²) >= 11 is 0. The summed E-state index contributed by atoms with van der Waals surface area (Å²) in [5.41, 5.74) is 1.59. The molecule has 0 aromatic rings. The van der Waals surface area contributed by atoms with Crippen molar-refractivity contribution in [2.75, 3.05) is 0 Å². The van der Waals surface area contributed by atoms with E-state index >= 15 is 0 Å². The van der Waals surface area contributed by atoms with Gasteiger partial charge in [-0.3, -0.25) is 0 Å². The normalized spacial score (nSPS) is 12.0. The van der Waals surface area contributed by atoms with Crippen molar-refractivity contribution in [2.45, 2.75) is 26.3 Å². The van der Waals surface area contributed by atoms with Crippen LogP contribution in [0.2, 0.25) is 0 Å². The number of nitrogens with one attached hydrogen (secondary N) is 1. The van der Waals surface area contributed by atoms with Gasteiger partial charge in [-0.15, -0.1) is 5.21 Å². The molecule has 0 spiro atoms. The fraction of sp³-hybridized carbons (Fsp3) is 1.00. The minimum atomic E-state index is -0.264. The molecule has 0 aliphatic heterocycles. The first-order valence-corrected chi connectivity index (χ1v) is 1.95.